The van der Waals surface area contributed by atoms with Gasteiger partial charge in [-0.2, -0.15) is 0 Å². The van der Waals surface area contributed by atoms with Gasteiger partial charge in [0.05, 0.1) is 0 Å². The van der Waals surface area contributed by atoms with Crippen LogP contribution in [0.15, 0.2) is 22.7 Å². The zero-order valence-corrected chi connectivity index (χ0v) is 13.9. The zero-order chi connectivity index (χ0) is 14.7. The average molecular weight is 340 g/mol. The molecule has 0 spiro atoms. The maximum absolute atomic E-state index is 12.2. The lowest BCUT2D eigenvalue weighted by Gasteiger charge is -2.21. The van der Waals surface area contributed by atoms with E-state index >= 15 is 0 Å². The zero-order valence-electron chi connectivity index (χ0n) is 12.4. The summed E-state index contributed by atoms with van der Waals surface area (Å²) in [6.07, 6.45) is 2.27. The first-order valence-electron chi connectivity index (χ1n) is 7.24. The number of hydrogen-bond acceptors (Lipinski definition) is 2. The largest absolute Gasteiger partial charge is 0.483 e. The molecule has 1 aromatic rings. The van der Waals surface area contributed by atoms with Crippen LogP contribution in [0.3, 0.4) is 0 Å². The molecular formula is C16H22BrNO2. The molecule has 2 rings (SSSR count). The van der Waals surface area contributed by atoms with E-state index in [9.17, 15) is 4.79 Å². The van der Waals surface area contributed by atoms with Gasteiger partial charge in [-0.3, -0.25) is 4.79 Å². The van der Waals surface area contributed by atoms with E-state index in [2.05, 4.69) is 35.8 Å². The van der Waals surface area contributed by atoms with Crippen molar-refractivity contribution in [3.8, 4) is 5.75 Å². The number of carbonyl (C=O) groups excluding carboxylic acids is 1. The Labute approximate surface area is 129 Å². The Balaban J connectivity index is 2.01. The third-order valence-corrected chi connectivity index (χ3v) is 4.09. The summed E-state index contributed by atoms with van der Waals surface area (Å²) in [5.74, 6) is 1.26. The van der Waals surface area contributed by atoms with Gasteiger partial charge in [-0.15, -0.1) is 0 Å². The van der Waals surface area contributed by atoms with E-state index in [1.807, 2.05) is 24.0 Å². The molecule has 1 amide bonds. The SMILES string of the molecule is CCN(C(=O)COc1ccc(Br)cc1C(C)C)C1CC1. The number of likely N-dealkylation sites (N-methyl/N-ethyl adjacent to an activating group) is 1. The fourth-order valence-electron chi connectivity index (χ4n) is 2.35. The number of rotatable bonds is 6. The molecule has 20 heavy (non-hydrogen) atoms. The molecule has 0 atom stereocenters. The van der Waals surface area contributed by atoms with Crippen molar-refractivity contribution < 1.29 is 9.53 Å². The molecular weight excluding hydrogens is 318 g/mol. The molecule has 0 saturated heterocycles. The minimum absolute atomic E-state index is 0.0904. The van der Waals surface area contributed by atoms with Crippen LogP contribution in [0.4, 0.5) is 0 Å². The lowest BCUT2D eigenvalue weighted by molar-refractivity contribution is -0.133. The number of carbonyl (C=O) groups is 1. The van der Waals surface area contributed by atoms with E-state index in [0.717, 1.165) is 35.2 Å². The molecule has 0 aromatic heterocycles. The van der Waals surface area contributed by atoms with Crippen LogP contribution in [0.25, 0.3) is 0 Å². The van der Waals surface area contributed by atoms with Gasteiger partial charge >= 0.3 is 0 Å². The summed E-state index contributed by atoms with van der Waals surface area (Å²) >= 11 is 3.48. The molecule has 110 valence electrons. The van der Waals surface area contributed by atoms with Gasteiger partial charge in [0.1, 0.15) is 5.75 Å². The predicted molar refractivity (Wildman–Crippen MR) is 84.1 cm³/mol. The van der Waals surface area contributed by atoms with Crippen molar-refractivity contribution in [3.63, 3.8) is 0 Å². The minimum atomic E-state index is 0.0904. The third kappa shape index (κ3) is 3.75. The fourth-order valence-corrected chi connectivity index (χ4v) is 2.73. The number of nitrogens with zero attached hydrogens (tertiary/aromatic N) is 1. The van der Waals surface area contributed by atoms with Gasteiger partial charge in [-0.05, 0) is 49.4 Å². The molecule has 0 unspecified atom stereocenters. The van der Waals surface area contributed by atoms with Crippen molar-refractivity contribution in [2.75, 3.05) is 13.2 Å². The van der Waals surface area contributed by atoms with Gasteiger partial charge in [-0.25, -0.2) is 0 Å². The number of hydrogen-bond donors (Lipinski definition) is 0. The minimum Gasteiger partial charge on any atom is -0.483 e. The molecule has 0 N–H and O–H groups in total. The van der Waals surface area contributed by atoms with E-state index in [-0.39, 0.29) is 12.5 Å². The maximum atomic E-state index is 12.2. The highest BCUT2D eigenvalue weighted by atomic mass is 79.9. The summed E-state index contributed by atoms with van der Waals surface area (Å²) < 4.78 is 6.80. The van der Waals surface area contributed by atoms with Crippen LogP contribution < -0.4 is 4.74 Å². The van der Waals surface area contributed by atoms with E-state index in [1.165, 1.54) is 0 Å². The molecule has 1 fully saturated rings. The van der Waals surface area contributed by atoms with Crippen molar-refractivity contribution in [2.45, 2.75) is 45.6 Å². The van der Waals surface area contributed by atoms with Gasteiger partial charge in [0.15, 0.2) is 6.61 Å². The van der Waals surface area contributed by atoms with Crippen LogP contribution in [0.1, 0.15) is 45.1 Å². The first-order valence-corrected chi connectivity index (χ1v) is 8.04. The van der Waals surface area contributed by atoms with Crippen molar-refractivity contribution in [3.05, 3.63) is 28.2 Å². The summed E-state index contributed by atoms with van der Waals surface area (Å²) in [5, 5.41) is 0. The van der Waals surface area contributed by atoms with Crippen molar-refractivity contribution in [2.24, 2.45) is 0 Å². The molecule has 0 aliphatic heterocycles. The third-order valence-electron chi connectivity index (χ3n) is 3.59. The summed E-state index contributed by atoms with van der Waals surface area (Å²) in [6.45, 7) is 7.17. The maximum Gasteiger partial charge on any atom is 0.260 e. The second kappa shape index (κ2) is 6.61. The molecule has 0 bridgehead atoms. The molecule has 0 heterocycles. The van der Waals surface area contributed by atoms with Crippen molar-refractivity contribution >= 4 is 21.8 Å². The Morgan fingerprint density at radius 1 is 1.45 bits per heavy atom. The van der Waals surface area contributed by atoms with E-state index in [4.69, 9.17) is 4.74 Å². The normalized spacial score (nSPS) is 14.4. The molecule has 0 radical (unpaired) electrons. The van der Waals surface area contributed by atoms with E-state index in [0.29, 0.717) is 12.0 Å². The van der Waals surface area contributed by atoms with E-state index < -0.39 is 0 Å². The predicted octanol–water partition coefficient (Wildman–Crippen LogP) is 3.96. The van der Waals surface area contributed by atoms with Gasteiger partial charge in [0.25, 0.3) is 5.91 Å². The number of halogens is 1. The number of ether oxygens (including phenoxy) is 1. The second-order valence-corrected chi connectivity index (χ2v) is 6.45. The molecule has 3 nitrogen and oxygen atoms in total. The number of amides is 1. The average Bonchev–Trinajstić information content (AvgIpc) is 3.22. The molecule has 4 heteroatoms. The second-order valence-electron chi connectivity index (χ2n) is 5.54. The van der Waals surface area contributed by atoms with Crippen LogP contribution >= 0.6 is 15.9 Å². The highest BCUT2D eigenvalue weighted by Gasteiger charge is 2.31. The van der Waals surface area contributed by atoms with Crippen LogP contribution in [0.2, 0.25) is 0 Å². The monoisotopic (exact) mass is 339 g/mol. The standard InChI is InChI=1S/C16H22BrNO2/c1-4-18(13-6-7-13)16(19)10-20-15-8-5-12(17)9-14(15)11(2)3/h5,8-9,11,13H,4,6-7,10H2,1-3H3. The Bertz CT molecular complexity index is 483. The van der Waals surface area contributed by atoms with Crippen LogP contribution in [0.5, 0.6) is 5.75 Å². The smallest absolute Gasteiger partial charge is 0.260 e. The van der Waals surface area contributed by atoms with Crippen LogP contribution in [-0.4, -0.2) is 30.0 Å². The van der Waals surface area contributed by atoms with Crippen LogP contribution in [0, 0.1) is 0 Å². The Morgan fingerprint density at radius 2 is 2.15 bits per heavy atom. The van der Waals surface area contributed by atoms with Gasteiger partial charge in [0.2, 0.25) is 0 Å². The molecule has 1 saturated carbocycles. The molecule has 1 aliphatic rings. The molecule has 1 aliphatic carbocycles. The van der Waals surface area contributed by atoms with Gasteiger partial charge < -0.3 is 9.64 Å². The summed E-state index contributed by atoms with van der Waals surface area (Å²) in [6, 6.07) is 6.39. The highest BCUT2D eigenvalue weighted by molar-refractivity contribution is 9.10. The van der Waals surface area contributed by atoms with Gasteiger partial charge in [-0.1, -0.05) is 29.8 Å². The topological polar surface area (TPSA) is 29.5 Å². The first kappa shape index (κ1) is 15.4. The summed E-state index contributed by atoms with van der Waals surface area (Å²) in [5.41, 5.74) is 1.13. The Morgan fingerprint density at radius 3 is 2.70 bits per heavy atom. The summed E-state index contributed by atoms with van der Waals surface area (Å²) in [4.78, 5) is 14.1. The Kier molecular flexibility index (Phi) is 5.08. The fraction of sp³-hybridized carbons (Fsp3) is 0.562. The van der Waals surface area contributed by atoms with E-state index in [1.54, 1.807) is 0 Å². The van der Waals surface area contributed by atoms with Crippen LogP contribution in [-0.2, 0) is 4.79 Å². The first-order chi connectivity index (χ1) is 9.52. The molecule has 1 aromatic carbocycles. The Hall–Kier alpha value is -1.03. The number of benzene rings is 1. The highest BCUT2D eigenvalue weighted by Crippen LogP contribution is 2.30. The lowest BCUT2D eigenvalue weighted by atomic mass is 10.0. The lowest BCUT2D eigenvalue weighted by Crippen LogP contribution is -2.36. The quantitative estimate of drug-likeness (QED) is 0.784. The van der Waals surface area contributed by atoms with Gasteiger partial charge in [0, 0.05) is 17.1 Å². The summed E-state index contributed by atoms with van der Waals surface area (Å²) in [7, 11) is 0. The van der Waals surface area contributed by atoms with Crippen molar-refractivity contribution in [1.82, 2.24) is 4.90 Å². The van der Waals surface area contributed by atoms with Crippen molar-refractivity contribution in [1.29, 1.82) is 0 Å².